The van der Waals surface area contributed by atoms with Crippen LogP contribution in [0.25, 0.3) is 0 Å². The lowest BCUT2D eigenvalue weighted by Crippen LogP contribution is -2.14. The Hall–Kier alpha value is -0.740. The fourth-order valence-corrected chi connectivity index (χ4v) is 1.71. The summed E-state index contributed by atoms with van der Waals surface area (Å²) < 4.78 is 27.1. The van der Waals surface area contributed by atoms with Gasteiger partial charge in [-0.05, 0) is 41.4 Å². The Kier molecular flexibility index (Phi) is 3.99. The Morgan fingerprint density at radius 1 is 1.53 bits per heavy atom. The Morgan fingerprint density at radius 2 is 2.13 bits per heavy atom. The number of rotatable bonds is 3. The number of halogens is 3. The largest absolute Gasteiger partial charge is 0.324 e. The van der Waals surface area contributed by atoms with Crippen molar-refractivity contribution >= 4 is 15.9 Å². The highest BCUT2D eigenvalue weighted by atomic mass is 79.9. The van der Waals surface area contributed by atoms with Crippen LogP contribution in [0.3, 0.4) is 0 Å². The van der Waals surface area contributed by atoms with E-state index in [1.54, 1.807) is 6.92 Å². The van der Waals surface area contributed by atoms with Gasteiger partial charge in [0.15, 0.2) is 0 Å². The Morgan fingerprint density at radius 3 is 2.67 bits per heavy atom. The molecule has 0 aromatic heterocycles. The molecule has 4 heteroatoms. The van der Waals surface area contributed by atoms with E-state index in [1.165, 1.54) is 12.1 Å². The molecule has 0 fully saturated rings. The topological polar surface area (TPSA) is 26.0 Å². The van der Waals surface area contributed by atoms with Crippen LogP contribution in [-0.2, 0) is 0 Å². The van der Waals surface area contributed by atoms with Gasteiger partial charge in [0.25, 0.3) is 0 Å². The molecule has 2 N–H and O–H groups in total. The summed E-state index contributed by atoms with van der Waals surface area (Å²) in [7, 11) is 0. The van der Waals surface area contributed by atoms with Gasteiger partial charge in [-0.2, -0.15) is 0 Å². The average Bonchev–Trinajstić information content (AvgIpc) is 2.11. The first-order chi connectivity index (χ1) is 6.93. The first kappa shape index (κ1) is 12.3. The van der Waals surface area contributed by atoms with Crippen molar-refractivity contribution in [1.82, 2.24) is 0 Å². The van der Waals surface area contributed by atoms with E-state index in [0.29, 0.717) is 6.42 Å². The van der Waals surface area contributed by atoms with E-state index in [-0.39, 0.29) is 10.0 Å². The van der Waals surface area contributed by atoms with Gasteiger partial charge >= 0.3 is 0 Å². The van der Waals surface area contributed by atoms with E-state index in [2.05, 4.69) is 22.5 Å². The first-order valence-electron chi connectivity index (χ1n) is 4.46. The second-order valence-corrected chi connectivity index (χ2v) is 4.38. The van der Waals surface area contributed by atoms with Crippen LogP contribution in [0.4, 0.5) is 8.78 Å². The summed E-state index contributed by atoms with van der Waals surface area (Å²) in [5.74, 6) is -1.26. The lowest BCUT2D eigenvalue weighted by molar-refractivity contribution is 0.520. The summed E-state index contributed by atoms with van der Waals surface area (Å²) in [5.41, 5.74) is 6.41. The molecule has 15 heavy (non-hydrogen) atoms. The van der Waals surface area contributed by atoms with Crippen LogP contribution in [0.15, 0.2) is 28.8 Å². The molecule has 0 aliphatic carbocycles. The molecule has 0 spiro atoms. The predicted molar refractivity (Wildman–Crippen MR) is 60.4 cm³/mol. The molecule has 0 heterocycles. The third-order valence-corrected chi connectivity index (χ3v) is 2.63. The molecule has 0 aliphatic heterocycles. The van der Waals surface area contributed by atoms with Gasteiger partial charge in [0, 0.05) is 11.6 Å². The van der Waals surface area contributed by atoms with Gasteiger partial charge in [-0.15, -0.1) is 6.58 Å². The van der Waals surface area contributed by atoms with Crippen LogP contribution in [-0.4, -0.2) is 0 Å². The van der Waals surface area contributed by atoms with Crippen molar-refractivity contribution in [2.75, 3.05) is 0 Å². The lowest BCUT2D eigenvalue weighted by atomic mass is 10.0. The SMILES string of the molecule is C=C(C)C[C@@H](N)c1c(F)ccc(Br)c1F. The summed E-state index contributed by atoms with van der Waals surface area (Å²) in [5, 5.41) is 0. The molecule has 1 nitrogen and oxygen atoms in total. The molecule has 0 saturated heterocycles. The highest BCUT2D eigenvalue weighted by Crippen LogP contribution is 2.28. The first-order valence-corrected chi connectivity index (χ1v) is 5.26. The van der Waals surface area contributed by atoms with E-state index in [1.807, 2.05) is 0 Å². The van der Waals surface area contributed by atoms with Crippen molar-refractivity contribution in [3.8, 4) is 0 Å². The molecule has 1 aromatic rings. The van der Waals surface area contributed by atoms with E-state index in [0.717, 1.165) is 5.57 Å². The number of hydrogen-bond acceptors (Lipinski definition) is 1. The van der Waals surface area contributed by atoms with Crippen molar-refractivity contribution in [2.24, 2.45) is 5.73 Å². The van der Waals surface area contributed by atoms with Crippen LogP contribution in [0.1, 0.15) is 24.9 Å². The van der Waals surface area contributed by atoms with E-state index < -0.39 is 17.7 Å². The van der Waals surface area contributed by atoms with Crippen LogP contribution in [0.2, 0.25) is 0 Å². The molecule has 1 rings (SSSR count). The quantitative estimate of drug-likeness (QED) is 0.661. The van der Waals surface area contributed by atoms with Crippen molar-refractivity contribution in [1.29, 1.82) is 0 Å². The average molecular weight is 276 g/mol. The molecule has 0 amide bonds. The predicted octanol–water partition coefficient (Wildman–Crippen LogP) is 3.69. The van der Waals surface area contributed by atoms with E-state index >= 15 is 0 Å². The van der Waals surface area contributed by atoms with Gasteiger partial charge in [0.1, 0.15) is 11.6 Å². The molecular formula is C11H12BrF2N. The molecular weight excluding hydrogens is 264 g/mol. The van der Waals surface area contributed by atoms with Gasteiger partial charge in [-0.1, -0.05) is 5.57 Å². The molecule has 0 unspecified atom stereocenters. The molecule has 0 radical (unpaired) electrons. The molecule has 82 valence electrons. The zero-order valence-corrected chi connectivity index (χ0v) is 9.94. The minimum Gasteiger partial charge on any atom is -0.324 e. The minimum atomic E-state index is -0.694. The second-order valence-electron chi connectivity index (χ2n) is 3.52. The summed E-state index contributed by atoms with van der Waals surface area (Å²) in [6, 6.07) is 1.82. The summed E-state index contributed by atoms with van der Waals surface area (Å²) >= 11 is 3.00. The van der Waals surface area contributed by atoms with Gasteiger partial charge < -0.3 is 5.73 Å². The van der Waals surface area contributed by atoms with Gasteiger partial charge in [0.2, 0.25) is 0 Å². The monoisotopic (exact) mass is 275 g/mol. The zero-order valence-electron chi connectivity index (χ0n) is 8.36. The summed E-state index contributed by atoms with van der Waals surface area (Å²) in [6.45, 7) is 5.44. The van der Waals surface area contributed by atoms with Crippen molar-refractivity contribution in [3.63, 3.8) is 0 Å². The highest BCUT2D eigenvalue weighted by Gasteiger charge is 2.18. The Bertz CT molecular complexity index is 390. The van der Waals surface area contributed by atoms with Crippen molar-refractivity contribution in [2.45, 2.75) is 19.4 Å². The van der Waals surface area contributed by atoms with Crippen molar-refractivity contribution < 1.29 is 8.78 Å². The highest BCUT2D eigenvalue weighted by molar-refractivity contribution is 9.10. The maximum atomic E-state index is 13.6. The zero-order chi connectivity index (χ0) is 11.6. The molecule has 1 atom stereocenters. The van der Waals surface area contributed by atoms with E-state index in [4.69, 9.17) is 5.73 Å². The van der Waals surface area contributed by atoms with Crippen LogP contribution in [0.5, 0.6) is 0 Å². The summed E-state index contributed by atoms with van der Waals surface area (Å²) in [4.78, 5) is 0. The number of hydrogen-bond donors (Lipinski definition) is 1. The third-order valence-electron chi connectivity index (χ3n) is 2.02. The minimum absolute atomic E-state index is 0.0904. The molecule has 1 aromatic carbocycles. The maximum Gasteiger partial charge on any atom is 0.145 e. The molecule has 0 saturated carbocycles. The number of benzene rings is 1. The fraction of sp³-hybridized carbons (Fsp3) is 0.273. The van der Waals surface area contributed by atoms with Crippen molar-refractivity contribution in [3.05, 3.63) is 46.0 Å². The summed E-state index contributed by atoms with van der Waals surface area (Å²) in [6.07, 6.45) is 0.365. The maximum absolute atomic E-state index is 13.6. The normalized spacial score (nSPS) is 12.6. The fourth-order valence-electron chi connectivity index (χ4n) is 1.36. The van der Waals surface area contributed by atoms with Gasteiger partial charge in [0.05, 0.1) is 4.47 Å². The molecule has 0 aliphatic rings. The second kappa shape index (κ2) is 4.86. The van der Waals surface area contributed by atoms with Gasteiger partial charge in [-0.3, -0.25) is 0 Å². The number of nitrogens with two attached hydrogens (primary N) is 1. The standard InChI is InChI=1S/C11H12BrF2N/c1-6(2)5-9(15)10-8(13)4-3-7(12)11(10)14/h3-4,9H,1,5,15H2,2H3/t9-/m1/s1. The molecule has 0 bridgehead atoms. The van der Waals surface area contributed by atoms with E-state index in [9.17, 15) is 8.78 Å². The smallest absolute Gasteiger partial charge is 0.145 e. The third kappa shape index (κ3) is 2.86. The lowest BCUT2D eigenvalue weighted by Gasteiger charge is -2.14. The van der Waals surface area contributed by atoms with Crippen LogP contribution < -0.4 is 5.73 Å². The van der Waals surface area contributed by atoms with Crippen LogP contribution >= 0.6 is 15.9 Å². The van der Waals surface area contributed by atoms with Gasteiger partial charge in [-0.25, -0.2) is 8.78 Å². The Balaban J connectivity index is 3.12. The van der Waals surface area contributed by atoms with Crippen LogP contribution in [0, 0.1) is 11.6 Å². The Labute approximate surface area is 96.1 Å².